The average Bonchev–Trinajstić information content (AvgIpc) is 2.35. The van der Waals surface area contributed by atoms with Gasteiger partial charge in [-0.1, -0.05) is 38.3 Å². The van der Waals surface area contributed by atoms with Crippen LogP contribution < -0.4 is 11.1 Å². The monoisotopic (exact) mass is 224 g/mol. The fourth-order valence-electron chi connectivity index (χ4n) is 3.05. The van der Waals surface area contributed by atoms with Gasteiger partial charge in [-0.2, -0.15) is 0 Å². The molecule has 1 aliphatic rings. The van der Waals surface area contributed by atoms with E-state index in [9.17, 15) is 0 Å². The van der Waals surface area contributed by atoms with Crippen molar-refractivity contribution in [2.45, 2.75) is 57.9 Å². The summed E-state index contributed by atoms with van der Waals surface area (Å²) in [6, 6.07) is 0. The van der Waals surface area contributed by atoms with Gasteiger partial charge in [-0.15, -0.1) is 0 Å². The van der Waals surface area contributed by atoms with Gasteiger partial charge in [0.2, 0.25) is 0 Å². The normalized spacial score (nSPS) is 31.1. The average molecular weight is 224 g/mol. The maximum Gasteiger partial charge on any atom is 0.0332 e. The molecular formula is C14H28N2. The van der Waals surface area contributed by atoms with E-state index in [2.05, 4.69) is 31.3 Å². The fraction of sp³-hybridized carbons (Fsp3) is 0.857. The van der Waals surface area contributed by atoms with E-state index in [1.165, 1.54) is 32.1 Å². The predicted octanol–water partition coefficient (Wildman–Crippen LogP) is 2.84. The van der Waals surface area contributed by atoms with Gasteiger partial charge in [-0.3, -0.25) is 0 Å². The van der Waals surface area contributed by atoms with Crippen molar-refractivity contribution >= 4 is 0 Å². The van der Waals surface area contributed by atoms with Crippen molar-refractivity contribution in [3.05, 3.63) is 12.2 Å². The minimum absolute atomic E-state index is 0.231. The molecule has 2 unspecified atom stereocenters. The number of nitrogens with two attached hydrogens (primary N) is 1. The SMILES string of the molecule is C/C=C/CCNC1(CN)CCCCC1CC. The summed E-state index contributed by atoms with van der Waals surface area (Å²) in [4.78, 5) is 0. The van der Waals surface area contributed by atoms with Crippen LogP contribution in [0.25, 0.3) is 0 Å². The van der Waals surface area contributed by atoms with Crippen molar-refractivity contribution in [3.8, 4) is 0 Å². The molecule has 0 aliphatic heterocycles. The van der Waals surface area contributed by atoms with E-state index in [-0.39, 0.29) is 5.54 Å². The van der Waals surface area contributed by atoms with Crippen LogP contribution in [0.5, 0.6) is 0 Å². The molecule has 0 amide bonds. The maximum absolute atomic E-state index is 6.04. The summed E-state index contributed by atoms with van der Waals surface area (Å²) in [7, 11) is 0. The minimum Gasteiger partial charge on any atom is -0.329 e. The molecule has 2 heteroatoms. The molecule has 0 spiro atoms. The van der Waals surface area contributed by atoms with Crippen molar-refractivity contribution in [1.82, 2.24) is 5.32 Å². The van der Waals surface area contributed by atoms with Crippen LogP contribution in [0.4, 0.5) is 0 Å². The molecule has 0 saturated heterocycles. The quantitative estimate of drug-likeness (QED) is 0.538. The summed E-state index contributed by atoms with van der Waals surface area (Å²) in [5, 5.41) is 3.74. The molecule has 1 rings (SSSR count). The lowest BCUT2D eigenvalue weighted by Crippen LogP contribution is -2.58. The Kier molecular flexibility index (Phi) is 6.07. The maximum atomic E-state index is 6.04. The Labute approximate surface area is 101 Å². The lowest BCUT2D eigenvalue weighted by molar-refractivity contribution is 0.145. The molecule has 1 fully saturated rings. The highest BCUT2D eigenvalue weighted by molar-refractivity contribution is 4.98. The van der Waals surface area contributed by atoms with E-state index >= 15 is 0 Å². The molecule has 0 aromatic heterocycles. The van der Waals surface area contributed by atoms with Gasteiger partial charge in [0.25, 0.3) is 0 Å². The topological polar surface area (TPSA) is 38.0 Å². The van der Waals surface area contributed by atoms with Gasteiger partial charge in [0.1, 0.15) is 0 Å². The number of nitrogens with one attached hydrogen (secondary N) is 1. The van der Waals surface area contributed by atoms with Crippen molar-refractivity contribution in [2.75, 3.05) is 13.1 Å². The molecule has 1 aliphatic carbocycles. The van der Waals surface area contributed by atoms with Gasteiger partial charge in [0.05, 0.1) is 0 Å². The predicted molar refractivity (Wildman–Crippen MR) is 71.5 cm³/mol. The summed E-state index contributed by atoms with van der Waals surface area (Å²) >= 11 is 0. The van der Waals surface area contributed by atoms with E-state index in [4.69, 9.17) is 5.73 Å². The molecule has 2 atom stereocenters. The molecule has 0 aromatic carbocycles. The summed E-state index contributed by atoms with van der Waals surface area (Å²) in [6.07, 6.45) is 12.1. The zero-order valence-corrected chi connectivity index (χ0v) is 11.0. The van der Waals surface area contributed by atoms with Gasteiger partial charge in [0, 0.05) is 12.1 Å². The van der Waals surface area contributed by atoms with Crippen LogP contribution in [0.3, 0.4) is 0 Å². The van der Waals surface area contributed by atoms with Crippen LogP contribution in [0.2, 0.25) is 0 Å². The molecule has 0 aromatic rings. The highest BCUT2D eigenvalue weighted by Crippen LogP contribution is 2.35. The molecular weight excluding hydrogens is 196 g/mol. The van der Waals surface area contributed by atoms with E-state index < -0.39 is 0 Å². The van der Waals surface area contributed by atoms with Gasteiger partial charge in [-0.05, 0) is 38.6 Å². The zero-order valence-electron chi connectivity index (χ0n) is 11.0. The molecule has 3 N–H and O–H groups in total. The van der Waals surface area contributed by atoms with E-state index in [1.807, 2.05) is 0 Å². The highest BCUT2D eigenvalue weighted by Gasteiger charge is 2.37. The van der Waals surface area contributed by atoms with Gasteiger partial charge < -0.3 is 11.1 Å². The smallest absolute Gasteiger partial charge is 0.0332 e. The first-order valence-electron chi connectivity index (χ1n) is 6.85. The summed E-state index contributed by atoms with van der Waals surface area (Å²) < 4.78 is 0. The van der Waals surface area contributed by atoms with Crippen LogP contribution >= 0.6 is 0 Å². The van der Waals surface area contributed by atoms with Crippen LogP contribution in [0, 0.1) is 5.92 Å². The van der Waals surface area contributed by atoms with E-state index in [1.54, 1.807) is 0 Å². The Morgan fingerprint density at radius 3 is 2.88 bits per heavy atom. The minimum atomic E-state index is 0.231. The van der Waals surface area contributed by atoms with E-state index in [0.717, 1.165) is 25.4 Å². The molecule has 2 nitrogen and oxygen atoms in total. The Balaban J connectivity index is 2.51. The summed E-state index contributed by atoms with van der Waals surface area (Å²) in [6.45, 7) is 6.24. The number of rotatable bonds is 6. The standard InChI is InChI=1S/C14H28N2/c1-3-5-8-11-16-14(12-15)10-7-6-9-13(14)4-2/h3,5,13,16H,4,6-12,15H2,1-2H3/b5-3+. The first-order valence-corrected chi connectivity index (χ1v) is 6.85. The Morgan fingerprint density at radius 2 is 2.25 bits per heavy atom. The molecule has 0 heterocycles. The van der Waals surface area contributed by atoms with Gasteiger partial charge >= 0.3 is 0 Å². The molecule has 94 valence electrons. The lowest BCUT2D eigenvalue weighted by atomic mass is 9.71. The third-order valence-corrected chi connectivity index (χ3v) is 4.09. The second-order valence-electron chi connectivity index (χ2n) is 5.00. The first kappa shape index (κ1) is 13.7. The fourth-order valence-corrected chi connectivity index (χ4v) is 3.05. The number of allylic oxidation sites excluding steroid dienone is 1. The summed E-state index contributed by atoms with van der Waals surface area (Å²) in [5.74, 6) is 0.775. The first-order chi connectivity index (χ1) is 7.79. The number of hydrogen-bond acceptors (Lipinski definition) is 2. The Bertz CT molecular complexity index is 213. The Hall–Kier alpha value is -0.340. The van der Waals surface area contributed by atoms with Crippen molar-refractivity contribution in [2.24, 2.45) is 11.7 Å². The van der Waals surface area contributed by atoms with Crippen molar-refractivity contribution in [3.63, 3.8) is 0 Å². The van der Waals surface area contributed by atoms with Crippen LogP contribution in [0.15, 0.2) is 12.2 Å². The highest BCUT2D eigenvalue weighted by atomic mass is 15.0. The van der Waals surface area contributed by atoms with Crippen molar-refractivity contribution in [1.29, 1.82) is 0 Å². The molecule has 0 radical (unpaired) electrons. The summed E-state index contributed by atoms with van der Waals surface area (Å²) in [5.41, 5.74) is 6.27. The molecule has 16 heavy (non-hydrogen) atoms. The lowest BCUT2D eigenvalue weighted by Gasteiger charge is -2.44. The van der Waals surface area contributed by atoms with Gasteiger partial charge in [0.15, 0.2) is 0 Å². The zero-order chi connectivity index (χ0) is 11.9. The van der Waals surface area contributed by atoms with Crippen LogP contribution in [0.1, 0.15) is 52.4 Å². The third kappa shape index (κ3) is 3.33. The van der Waals surface area contributed by atoms with Gasteiger partial charge in [-0.25, -0.2) is 0 Å². The van der Waals surface area contributed by atoms with Crippen LogP contribution in [-0.4, -0.2) is 18.6 Å². The second kappa shape index (κ2) is 7.08. The molecule has 0 bridgehead atoms. The second-order valence-corrected chi connectivity index (χ2v) is 5.00. The van der Waals surface area contributed by atoms with E-state index in [0.29, 0.717) is 0 Å². The third-order valence-electron chi connectivity index (χ3n) is 4.09. The largest absolute Gasteiger partial charge is 0.329 e. The Morgan fingerprint density at radius 1 is 1.44 bits per heavy atom. The van der Waals surface area contributed by atoms with Crippen LogP contribution in [-0.2, 0) is 0 Å². The number of hydrogen-bond donors (Lipinski definition) is 2. The molecule has 1 saturated carbocycles. The van der Waals surface area contributed by atoms with Crippen molar-refractivity contribution < 1.29 is 0 Å².